The van der Waals surface area contributed by atoms with Crippen LogP contribution in [0.2, 0.25) is 0 Å². The molecule has 1 rings (SSSR count). The molecule has 6 N–H and O–H groups in total. The summed E-state index contributed by atoms with van der Waals surface area (Å²) >= 11 is 0. The lowest BCUT2D eigenvalue weighted by molar-refractivity contribution is -0.304. The predicted octanol–water partition coefficient (Wildman–Crippen LogP) is -3.66. The van der Waals surface area contributed by atoms with Crippen LogP contribution in [0.15, 0.2) is 0 Å². The van der Waals surface area contributed by atoms with Crippen LogP contribution in [0, 0.1) is 0 Å². The van der Waals surface area contributed by atoms with Crippen molar-refractivity contribution < 1.29 is 49.7 Å². The molecule has 0 aliphatic carbocycles. The van der Waals surface area contributed by atoms with E-state index in [4.69, 9.17) is 15.3 Å². The van der Waals surface area contributed by atoms with Gasteiger partial charge in [0.1, 0.15) is 18.3 Å². The summed E-state index contributed by atoms with van der Waals surface area (Å²) in [6.45, 7) is -0.946. The Hall–Kier alpha value is -1.30. The first-order valence-electron chi connectivity index (χ1n) is 5.21. The second kappa shape index (κ2) is 6.23. The summed E-state index contributed by atoms with van der Waals surface area (Å²) in [5.74, 6) is -3.19. The van der Waals surface area contributed by atoms with Gasteiger partial charge in [0.2, 0.25) is 0 Å². The van der Waals surface area contributed by atoms with E-state index in [9.17, 15) is 24.9 Å². The number of ether oxygens (including phenoxy) is 2. The number of aliphatic hydroxyl groups excluding tert-OH is 4. The molecule has 0 aromatic heterocycles. The minimum Gasteiger partial charge on any atom is -0.479 e. The summed E-state index contributed by atoms with van der Waals surface area (Å²) in [7, 11) is 0. The SMILES string of the molecule is O=C(O)C(CO)O[C@H]1OC(C(=O)O)[C@H](O)C(O)C1O. The van der Waals surface area contributed by atoms with Crippen molar-refractivity contribution in [3.05, 3.63) is 0 Å². The van der Waals surface area contributed by atoms with Gasteiger partial charge in [-0.3, -0.25) is 0 Å². The predicted molar refractivity (Wildman–Crippen MR) is 53.9 cm³/mol. The maximum atomic E-state index is 10.8. The normalized spacial score (nSPS) is 36.7. The minimum atomic E-state index is -1.90. The van der Waals surface area contributed by atoms with Gasteiger partial charge in [0.15, 0.2) is 18.5 Å². The molecule has 0 aromatic carbocycles. The molecule has 1 heterocycles. The monoisotopic (exact) mass is 282 g/mol. The standard InChI is InChI=1S/C9H14O10/c10-1-2(7(14)15)18-9-5(13)3(11)4(12)6(19-9)8(16)17/h2-6,9-13H,1H2,(H,14,15)(H,16,17)/t2?,3?,4-,5?,6?,9+/m1/s1. The third-order valence-corrected chi connectivity index (χ3v) is 2.55. The third-order valence-electron chi connectivity index (χ3n) is 2.55. The van der Waals surface area contributed by atoms with E-state index >= 15 is 0 Å². The topological polar surface area (TPSA) is 174 Å². The summed E-state index contributed by atoms with van der Waals surface area (Å²) in [6.07, 6.45) is -11.1. The van der Waals surface area contributed by atoms with E-state index in [1.807, 2.05) is 0 Å². The van der Waals surface area contributed by atoms with Crippen LogP contribution in [0.5, 0.6) is 0 Å². The number of carboxylic acids is 2. The molecule has 4 unspecified atom stereocenters. The van der Waals surface area contributed by atoms with Crippen molar-refractivity contribution in [2.24, 2.45) is 0 Å². The van der Waals surface area contributed by atoms with Crippen molar-refractivity contribution in [1.29, 1.82) is 0 Å². The first-order chi connectivity index (χ1) is 8.79. The van der Waals surface area contributed by atoms with Crippen molar-refractivity contribution in [2.45, 2.75) is 36.8 Å². The van der Waals surface area contributed by atoms with E-state index in [0.717, 1.165) is 0 Å². The second-order valence-electron chi connectivity index (χ2n) is 3.88. The Morgan fingerprint density at radius 3 is 2.11 bits per heavy atom. The zero-order chi connectivity index (χ0) is 14.7. The first kappa shape index (κ1) is 15.8. The summed E-state index contributed by atoms with van der Waals surface area (Å²) in [5, 5.41) is 54.4. The van der Waals surface area contributed by atoms with Crippen LogP contribution in [0.1, 0.15) is 0 Å². The van der Waals surface area contributed by atoms with E-state index in [1.165, 1.54) is 0 Å². The Morgan fingerprint density at radius 2 is 1.68 bits per heavy atom. The van der Waals surface area contributed by atoms with Gasteiger partial charge in [0.05, 0.1) is 6.61 Å². The van der Waals surface area contributed by atoms with Crippen LogP contribution in [0.3, 0.4) is 0 Å². The molecule has 0 saturated carbocycles. The zero-order valence-corrected chi connectivity index (χ0v) is 9.49. The summed E-state index contributed by atoms with van der Waals surface area (Å²) < 4.78 is 9.33. The number of aliphatic carboxylic acids is 2. The summed E-state index contributed by atoms with van der Waals surface area (Å²) in [4.78, 5) is 21.4. The number of rotatable bonds is 5. The van der Waals surface area contributed by atoms with Gasteiger partial charge in [-0.25, -0.2) is 9.59 Å². The van der Waals surface area contributed by atoms with Crippen molar-refractivity contribution in [1.82, 2.24) is 0 Å². The smallest absolute Gasteiger partial charge is 0.335 e. The van der Waals surface area contributed by atoms with E-state index in [0.29, 0.717) is 0 Å². The van der Waals surface area contributed by atoms with E-state index < -0.39 is 55.4 Å². The molecule has 0 radical (unpaired) electrons. The van der Waals surface area contributed by atoms with Gasteiger partial charge in [-0.1, -0.05) is 0 Å². The molecule has 6 atom stereocenters. The fourth-order valence-electron chi connectivity index (χ4n) is 1.51. The van der Waals surface area contributed by atoms with Crippen LogP contribution in [-0.4, -0.2) is 86.0 Å². The summed E-state index contributed by atoms with van der Waals surface area (Å²) in [6, 6.07) is 0. The quantitative estimate of drug-likeness (QED) is 0.295. The van der Waals surface area contributed by atoms with Crippen molar-refractivity contribution >= 4 is 11.9 Å². The molecular formula is C9H14O10. The third kappa shape index (κ3) is 3.37. The average molecular weight is 282 g/mol. The lowest BCUT2D eigenvalue weighted by atomic mass is 9.99. The minimum absolute atomic E-state index is 0.946. The van der Waals surface area contributed by atoms with Gasteiger partial charge in [-0.15, -0.1) is 0 Å². The first-order valence-corrected chi connectivity index (χ1v) is 5.21. The fourth-order valence-corrected chi connectivity index (χ4v) is 1.51. The molecule has 10 heteroatoms. The highest BCUT2D eigenvalue weighted by Gasteiger charge is 2.48. The van der Waals surface area contributed by atoms with Gasteiger partial charge in [-0.05, 0) is 0 Å². The van der Waals surface area contributed by atoms with Crippen LogP contribution >= 0.6 is 0 Å². The summed E-state index contributed by atoms with van der Waals surface area (Å²) in [5.41, 5.74) is 0. The average Bonchev–Trinajstić information content (AvgIpc) is 2.34. The van der Waals surface area contributed by atoms with Crippen LogP contribution in [0.25, 0.3) is 0 Å². The molecule has 0 aromatic rings. The second-order valence-corrected chi connectivity index (χ2v) is 3.88. The molecule has 0 amide bonds. The molecule has 0 bridgehead atoms. The maximum absolute atomic E-state index is 10.8. The lowest BCUT2D eigenvalue weighted by Gasteiger charge is -2.39. The Morgan fingerprint density at radius 1 is 1.11 bits per heavy atom. The van der Waals surface area contributed by atoms with Gasteiger partial charge in [-0.2, -0.15) is 0 Å². The van der Waals surface area contributed by atoms with Crippen LogP contribution in [0.4, 0.5) is 0 Å². The van der Waals surface area contributed by atoms with Crippen LogP contribution < -0.4 is 0 Å². The Balaban J connectivity index is 2.82. The molecule has 110 valence electrons. The largest absolute Gasteiger partial charge is 0.479 e. The van der Waals surface area contributed by atoms with Gasteiger partial charge < -0.3 is 40.1 Å². The Kier molecular flexibility index (Phi) is 5.17. The number of hydrogen-bond donors (Lipinski definition) is 6. The van der Waals surface area contributed by atoms with E-state index in [-0.39, 0.29) is 0 Å². The van der Waals surface area contributed by atoms with Crippen molar-refractivity contribution in [3.63, 3.8) is 0 Å². The molecule has 10 nitrogen and oxygen atoms in total. The highest BCUT2D eigenvalue weighted by atomic mass is 16.7. The highest BCUT2D eigenvalue weighted by Crippen LogP contribution is 2.23. The number of aliphatic hydroxyl groups is 4. The Labute approximate surface area is 106 Å². The molecule has 1 saturated heterocycles. The lowest BCUT2D eigenvalue weighted by Crippen LogP contribution is -2.61. The molecule has 0 spiro atoms. The maximum Gasteiger partial charge on any atom is 0.335 e. The number of carbonyl (C=O) groups is 2. The molecular weight excluding hydrogens is 268 g/mol. The van der Waals surface area contributed by atoms with Crippen LogP contribution in [-0.2, 0) is 19.1 Å². The van der Waals surface area contributed by atoms with Crippen molar-refractivity contribution in [2.75, 3.05) is 6.61 Å². The fraction of sp³-hybridized carbons (Fsp3) is 0.778. The van der Waals surface area contributed by atoms with E-state index in [1.54, 1.807) is 0 Å². The Bertz CT molecular complexity index is 342. The molecule has 1 aliphatic rings. The van der Waals surface area contributed by atoms with Gasteiger partial charge >= 0.3 is 11.9 Å². The van der Waals surface area contributed by atoms with Gasteiger partial charge in [0, 0.05) is 0 Å². The molecule has 1 aliphatic heterocycles. The molecule has 1 fully saturated rings. The molecule has 19 heavy (non-hydrogen) atoms. The number of carboxylic acid groups (broad SMARTS) is 2. The highest BCUT2D eigenvalue weighted by molar-refractivity contribution is 5.73. The van der Waals surface area contributed by atoms with Crippen molar-refractivity contribution in [3.8, 4) is 0 Å². The van der Waals surface area contributed by atoms with E-state index in [2.05, 4.69) is 9.47 Å². The zero-order valence-electron chi connectivity index (χ0n) is 9.49. The van der Waals surface area contributed by atoms with Gasteiger partial charge in [0.25, 0.3) is 0 Å². The number of hydrogen-bond acceptors (Lipinski definition) is 8.